The van der Waals surface area contributed by atoms with Gasteiger partial charge in [0.15, 0.2) is 0 Å². The fourth-order valence-electron chi connectivity index (χ4n) is 0.742. The number of carbonyl (C=O) groups is 1. The van der Waals surface area contributed by atoms with E-state index in [4.69, 9.17) is 9.84 Å². The van der Waals surface area contributed by atoms with Crippen molar-refractivity contribution in [3.05, 3.63) is 24.3 Å². The van der Waals surface area contributed by atoms with E-state index in [1.54, 1.807) is 13.0 Å². The number of hydrogen-bond donors (Lipinski definition) is 1. The summed E-state index contributed by atoms with van der Waals surface area (Å²) in [7, 11) is 0. The van der Waals surface area contributed by atoms with Crippen LogP contribution in [0.2, 0.25) is 0 Å². The fraction of sp³-hybridized carbons (Fsp3) is 0.500. The summed E-state index contributed by atoms with van der Waals surface area (Å²) in [6.45, 7) is 5.52. The molecule has 0 aliphatic rings. The second-order valence-electron chi connectivity index (χ2n) is 2.64. The van der Waals surface area contributed by atoms with Crippen LogP contribution in [-0.2, 0) is 9.53 Å². The van der Waals surface area contributed by atoms with Crippen molar-refractivity contribution < 1.29 is 14.6 Å². The molecule has 0 bridgehead atoms. The first kappa shape index (κ1) is 11.9. The maximum atomic E-state index is 11.1. The molecule has 1 N–H and O–H groups in total. The molecule has 0 amide bonds. The molecule has 0 aromatic heterocycles. The summed E-state index contributed by atoms with van der Waals surface area (Å²) in [5.41, 5.74) is 0.579. The zero-order valence-electron chi connectivity index (χ0n) is 7.95. The minimum atomic E-state index is -0.321. The van der Waals surface area contributed by atoms with E-state index in [9.17, 15) is 4.79 Å². The molecule has 0 aliphatic heterocycles. The van der Waals surface area contributed by atoms with E-state index in [2.05, 4.69) is 6.58 Å². The van der Waals surface area contributed by atoms with Crippen LogP contribution in [0.4, 0.5) is 0 Å². The Morgan fingerprint density at radius 1 is 1.62 bits per heavy atom. The summed E-state index contributed by atoms with van der Waals surface area (Å²) in [5.74, 6) is -0.321. The maximum absolute atomic E-state index is 11.1. The highest BCUT2D eigenvalue weighted by Crippen LogP contribution is 2.00. The Balaban J connectivity index is 3.79. The molecule has 0 spiro atoms. The molecule has 0 rings (SSSR count). The lowest BCUT2D eigenvalue weighted by Gasteiger charge is -2.00. The number of aliphatic hydroxyl groups is 1. The highest BCUT2D eigenvalue weighted by molar-refractivity contribution is 5.87. The number of hydrogen-bond acceptors (Lipinski definition) is 3. The van der Waals surface area contributed by atoms with Crippen molar-refractivity contribution >= 4 is 5.97 Å². The van der Waals surface area contributed by atoms with E-state index in [0.29, 0.717) is 18.4 Å². The average molecular weight is 184 g/mol. The first-order valence-corrected chi connectivity index (χ1v) is 4.28. The summed E-state index contributed by atoms with van der Waals surface area (Å²) in [6.07, 6.45) is 4.66. The summed E-state index contributed by atoms with van der Waals surface area (Å²) in [4.78, 5) is 11.1. The fourth-order valence-corrected chi connectivity index (χ4v) is 0.742. The predicted octanol–water partition coefficient (Wildman–Crippen LogP) is 1.43. The summed E-state index contributed by atoms with van der Waals surface area (Å²) in [5, 5.41) is 8.50. The van der Waals surface area contributed by atoms with Gasteiger partial charge in [0.25, 0.3) is 0 Å². The molecule has 0 unspecified atom stereocenters. The van der Waals surface area contributed by atoms with Crippen LogP contribution in [0.15, 0.2) is 24.3 Å². The zero-order valence-corrected chi connectivity index (χ0v) is 7.95. The molecular formula is C10H16O3. The minimum Gasteiger partial charge on any atom is -0.458 e. The van der Waals surface area contributed by atoms with Crippen molar-refractivity contribution in [2.24, 2.45) is 0 Å². The Bertz CT molecular complexity index is 194. The van der Waals surface area contributed by atoms with Gasteiger partial charge < -0.3 is 9.84 Å². The molecule has 0 heterocycles. The van der Waals surface area contributed by atoms with Gasteiger partial charge in [-0.3, -0.25) is 0 Å². The van der Waals surface area contributed by atoms with Gasteiger partial charge in [-0.15, -0.1) is 0 Å². The van der Waals surface area contributed by atoms with Crippen LogP contribution in [0.25, 0.3) is 0 Å². The van der Waals surface area contributed by atoms with E-state index >= 15 is 0 Å². The highest BCUT2D eigenvalue weighted by atomic mass is 16.5. The van der Waals surface area contributed by atoms with Gasteiger partial charge in [0, 0.05) is 12.2 Å². The van der Waals surface area contributed by atoms with Crippen LogP contribution in [0, 0.1) is 0 Å². The minimum absolute atomic E-state index is 0.144. The highest BCUT2D eigenvalue weighted by Gasteiger charge is 2.02. The Kier molecular flexibility index (Phi) is 6.92. The third-order valence-corrected chi connectivity index (χ3v) is 1.47. The van der Waals surface area contributed by atoms with Crippen molar-refractivity contribution in [2.45, 2.75) is 19.8 Å². The topological polar surface area (TPSA) is 46.5 Å². The van der Waals surface area contributed by atoms with Crippen molar-refractivity contribution in [3.8, 4) is 0 Å². The molecule has 0 saturated carbocycles. The van der Waals surface area contributed by atoms with Gasteiger partial charge >= 0.3 is 5.97 Å². The van der Waals surface area contributed by atoms with Gasteiger partial charge in [-0.25, -0.2) is 4.79 Å². The van der Waals surface area contributed by atoms with Gasteiger partial charge in [0.05, 0.1) is 0 Å². The molecule has 0 aromatic rings. The summed E-state index contributed by atoms with van der Waals surface area (Å²) >= 11 is 0. The number of allylic oxidation sites excluding steroid dienone is 1. The lowest BCUT2D eigenvalue weighted by Crippen LogP contribution is -2.05. The van der Waals surface area contributed by atoms with E-state index in [1.807, 2.05) is 0 Å². The standard InChI is InChI=1S/C10H16O3/c1-3-8-13-10(12)9(2)6-4-5-7-11/h3,6,11H,1,4-5,7-8H2,2H3. The third kappa shape index (κ3) is 6.11. The number of ether oxygens (including phenoxy) is 1. The number of rotatable bonds is 6. The zero-order chi connectivity index (χ0) is 10.1. The Labute approximate surface area is 78.7 Å². The molecule has 0 aliphatic carbocycles. The van der Waals surface area contributed by atoms with E-state index in [-0.39, 0.29) is 19.2 Å². The molecule has 3 heteroatoms. The molecule has 3 nitrogen and oxygen atoms in total. The predicted molar refractivity (Wildman–Crippen MR) is 51.2 cm³/mol. The summed E-state index contributed by atoms with van der Waals surface area (Å²) in [6, 6.07) is 0. The average Bonchev–Trinajstić information content (AvgIpc) is 2.14. The van der Waals surface area contributed by atoms with Gasteiger partial charge in [-0.2, -0.15) is 0 Å². The molecule has 13 heavy (non-hydrogen) atoms. The van der Waals surface area contributed by atoms with Crippen LogP contribution >= 0.6 is 0 Å². The smallest absolute Gasteiger partial charge is 0.333 e. The van der Waals surface area contributed by atoms with Crippen molar-refractivity contribution in [1.82, 2.24) is 0 Å². The Morgan fingerprint density at radius 3 is 2.85 bits per heavy atom. The molecule has 0 radical (unpaired) electrons. The van der Waals surface area contributed by atoms with Crippen molar-refractivity contribution in [1.29, 1.82) is 0 Å². The molecule has 74 valence electrons. The molecular weight excluding hydrogens is 168 g/mol. The first-order chi connectivity index (χ1) is 6.22. The first-order valence-electron chi connectivity index (χ1n) is 4.28. The lowest BCUT2D eigenvalue weighted by atomic mass is 10.2. The van der Waals surface area contributed by atoms with Crippen molar-refractivity contribution in [2.75, 3.05) is 13.2 Å². The monoisotopic (exact) mass is 184 g/mol. The maximum Gasteiger partial charge on any atom is 0.333 e. The van der Waals surface area contributed by atoms with Crippen LogP contribution in [-0.4, -0.2) is 24.3 Å². The van der Waals surface area contributed by atoms with Crippen LogP contribution in [0.3, 0.4) is 0 Å². The molecule has 0 aromatic carbocycles. The SMILES string of the molecule is C=CCOC(=O)C(C)=CCCCO. The Hall–Kier alpha value is -1.09. The second-order valence-corrected chi connectivity index (χ2v) is 2.64. The normalized spacial score (nSPS) is 11.1. The number of carbonyl (C=O) groups excluding carboxylic acids is 1. The van der Waals surface area contributed by atoms with Gasteiger partial charge in [0.1, 0.15) is 6.61 Å². The van der Waals surface area contributed by atoms with Gasteiger partial charge in [-0.05, 0) is 19.8 Å². The second kappa shape index (κ2) is 7.55. The molecule has 0 atom stereocenters. The van der Waals surface area contributed by atoms with Crippen LogP contribution in [0.5, 0.6) is 0 Å². The Morgan fingerprint density at radius 2 is 2.31 bits per heavy atom. The van der Waals surface area contributed by atoms with E-state index in [0.717, 1.165) is 0 Å². The number of esters is 1. The summed E-state index contributed by atoms with van der Waals surface area (Å²) < 4.78 is 4.80. The van der Waals surface area contributed by atoms with Gasteiger partial charge in [-0.1, -0.05) is 18.7 Å². The van der Waals surface area contributed by atoms with E-state index in [1.165, 1.54) is 6.08 Å². The van der Waals surface area contributed by atoms with Crippen molar-refractivity contribution in [3.63, 3.8) is 0 Å². The van der Waals surface area contributed by atoms with Gasteiger partial charge in [0.2, 0.25) is 0 Å². The lowest BCUT2D eigenvalue weighted by molar-refractivity contribution is -0.137. The van der Waals surface area contributed by atoms with Crippen LogP contribution < -0.4 is 0 Å². The quantitative estimate of drug-likeness (QED) is 0.294. The molecule has 0 fully saturated rings. The number of aliphatic hydroxyl groups excluding tert-OH is 1. The van der Waals surface area contributed by atoms with E-state index < -0.39 is 0 Å². The third-order valence-electron chi connectivity index (χ3n) is 1.47. The molecule has 0 saturated heterocycles. The van der Waals surface area contributed by atoms with Crippen LogP contribution in [0.1, 0.15) is 19.8 Å². The largest absolute Gasteiger partial charge is 0.458 e. The number of unbranched alkanes of at least 4 members (excludes halogenated alkanes) is 1.